The van der Waals surface area contributed by atoms with Crippen molar-refractivity contribution < 1.29 is 4.74 Å². The molecule has 206 valence electrons. The molecule has 0 atom stereocenters. The van der Waals surface area contributed by atoms with E-state index in [2.05, 4.69) is 138 Å². The minimum absolute atomic E-state index is 0.834. The van der Waals surface area contributed by atoms with Gasteiger partial charge in [0.1, 0.15) is 0 Å². The Kier molecular flexibility index (Phi) is 5.50. The van der Waals surface area contributed by atoms with Crippen molar-refractivity contribution >= 4 is 49.5 Å². The molecule has 0 unspecified atom stereocenters. The first-order chi connectivity index (χ1) is 21.8. The Labute approximate surface area is 255 Å². The Bertz CT molecular complexity index is 2280. The number of nitrogens with zero attached hydrogens (tertiary/aromatic N) is 2. The van der Waals surface area contributed by atoms with Crippen LogP contribution < -0.4 is 9.64 Å². The summed E-state index contributed by atoms with van der Waals surface area (Å²) < 4.78 is 6.30. The van der Waals surface area contributed by atoms with Gasteiger partial charge in [-0.3, -0.25) is 0 Å². The first-order valence-corrected chi connectivity index (χ1v) is 14.9. The van der Waals surface area contributed by atoms with Gasteiger partial charge in [-0.1, -0.05) is 109 Å². The molecule has 0 saturated carbocycles. The van der Waals surface area contributed by atoms with Crippen LogP contribution in [0.5, 0.6) is 11.5 Å². The van der Waals surface area contributed by atoms with E-state index < -0.39 is 0 Å². The number of benzene rings is 7. The quantitative estimate of drug-likeness (QED) is 0.200. The van der Waals surface area contributed by atoms with E-state index in [4.69, 9.17) is 9.72 Å². The maximum atomic E-state index is 6.30. The van der Waals surface area contributed by atoms with Gasteiger partial charge < -0.3 is 9.64 Å². The molecule has 7 aromatic carbocycles. The molecule has 9 rings (SSSR count). The van der Waals surface area contributed by atoms with Gasteiger partial charge >= 0.3 is 0 Å². The van der Waals surface area contributed by atoms with Crippen molar-refractivity contribution in [2.75, 3.05) is 4.90 Å². The van der Waals surface area contributed by atoms with Crippen molar-refractivity contribution in [3.8, 4) is 33.9 Å². The van der Waals surface area contributed by atoms with Gasteiger partial charge in [-0.2, -0.15) is 0 Å². The van der Waals surface area contributed by atoms with Crippen molar-refractivity contribution in [3.05, 3.63) is 158 Å². The average molecular weight is 563 g/mol. The fourth-order valence-electron chi connectivity index (χ4n) is 6.61. The Morgan fingerprint density at radius 3 is 1.75 bits per heavy atom. The largest absolute Gasteiger partial charge is 0.453 e. The van der Waals surface area contributed by atoms with E-state index in [0.717, 1.165) is 50.7 Å². The van der Waals surface area contributed by atoms with Crippen molar-refractivity contribution in [1.82, 2.24) is 4.98 Å². The number of hydrogen-bond acceptors (Lipinski definition) is 3. The molecule has 2 heterocycles. The average Bonchev–Trinajstić information content (AvgIpc) is 3.09. The zero-order chi connectivity index (χ0) is 29.0. The lowest BCUT2D eigenvalue weighted by Gasteiger charge is -2.32. The van der Waals surface area contributed by atoms with Crippen LogP contribution in [0, 0.1) is 0 Å². The van der Waals surface area contributed by atoms with Gasteiger partial charge in [-0.15, -0.1) is 0 Å². The summed E-state index contributed by atoms with van der Waals surface area (Å²) in [4.78, 5) is 7.58. The SMILES string of the molecule is c1ccc(-c2cc(-c3c4ccccc4cc4ccccc34)c3ccc(N4c5ccccc5Oc5ccccc54)cc3n2)cc1. The van der Waals surface area contributed by atoms with Crippen LogP contribution in [0.1, 0.15) is 0 Å². The van der Waals surface area contributed by atoms with Crippen LogP contribution in [0.4, 0.5) is 17.1 Å². The predicted molar refractivity (Wildman–Crippen MR) is 182 cm³/mol. The molecule has 1 aromatic heterocycles. The molecular formula is C41H26N2O. The van der Waals surface area contributed by atoms with Gasteiger partial charge in [0, 0.05) is 16.6 Å². The van der Waals surface area contributed by atoms with Crippen LogP contribution >= 0.6 is 0 Å². The monoisotopic (exact) mass is 562 g/mol. The van der Waals surface area contributed by atoms with E-state index in [1.54, 1.807) is 0 Å². The predicted octanol–water partition coefficient (Wildman–Crippen LogP) is 11.5. The van der Waals surface area contributed by atoms with Crippen molar-refractivity contribution in [1.29, 1.82) is 0 Å². The van der Waals surface area contributed by atoms with E-state index in [-0.39, 0.29) is 0 Å². The number of hydrogen-bond donors (Lipinski definition) is 0. The molecular weight excluding hydrogens is 536 g/mol. The number of fused-ring (bicyclic) bond motifs is 5. The Balaban J connectivity index is 1.36. The summed E-state index contributed by atoms with van der Waals surface area (Å²) in [5.41, 5.74) is 8.44. The molecule has 0 aliphatic carbocycles. The summed E-state index contributed by atoms with van der Waals surface area (Å²) in [5, 5.41) is 6.04. The second-order valence-corrected chi connectivity index (χ2v) is 11.2. The normalized spacial score (nSPS) is 12.2. The molecule has 0 fully saturated rings. The lowest BCUT2D eigenvalue weighted by atomic mass is 9.89. The highest BCUT2D eigenvalue weighted by molar-refractivity contribution is 6.17. The molecule has 3 nitrogen and oxygen atoms in total. The zero-order valence-corrected chi connectivity index (χ0v) is 23.8. The maximum absolute atomic E-state index is 6.30. The minimum Gasteiger partial charge on any atom is -0.453 e. The zero-order valence-electron chi connectivity index (χ0n) is 23.8. The second-order valence-electron chi connectivity index (χ2n) is 11.2. The van der Waals surface area contributed by atoms with Crippen LogP contribution in [0.2, 0.25) is 0 Å². The third kappa shape index (κ3) is 3.87. The molecule has 0 spiro atoms. The molecule has 1 aliphatic rings. The molecule has 1 aliphatic heterocycles. The number of rotatable bonds is 3. The fraction of sp³-hybridized carbons (Fsp3) is 0. The highest BCUT2D eigenvalue weighted by atomic mass is 16.5. The van der Waals surface area contributed by atoms with E-state index in [1.165, 1.54) is 32.7 Å². The maximum Gasteiger partial charge on any atom is 0.151 e. The van der Waals surface area contributed by atoms with Gasteiger partial charge in [0.2, 0.25) is 0 Å². The second kappa shape index (κ2) is 9.82. The van der Waals surface area contributed by atoms with Crippen molar-refractivity contribution in [2.45, 2.75) is 0 Å². The molecule has 0 radical (unpaired) electrons. The molecule has 0 amide bonds. The molecule has 0 N–H and O–H groups in total. The van der Waals surface area contributed by atoms with E-state index in [0.29, 0.717) is 0 Å². The van der Waals surface area contributed by atoms with Crippen LogP contribution in [-0.2, 0) is 0 Å². The smallest absolute Gasteiger partial charge is 0.151 e. The molecule has 0 bridgehead atoms. The summed E-state index contributed by atoms with van der Waals surface area (Å²) in [6.45, 7) is 0. The number of pyridine rings is 1. The summed E-state index contributed by atoms with van der Waals surface area (Å²) in [5.74, 6) is 1.67. The van der Waals surface area contributed by atoms with Gasteiger partial charge in [-0.25, -0.2) is 4.98 Å². The third-order valence-corrected chi connectivity index (χ3v) is 8.59. The standard InChI is InChI=1S/C41H26N2O/c1-2-12-27(13-3-1)35-26-34(41-31-16-6-4-14-28(31)24-29-15-5-7-17-32(29)41)33-23-22-30(25-36(33)42-35)43-37-18-8-10-20-39(37)44-40-21-11-9-19-38(40)43/h1-26H. The van der Waals surface area contributed by atoms with Gasteiger partial charge in [0.15, 0.2) is 11.5 Å². The van der Waals surface area contributed by atoms with Gasteiger partial charge in [-0.05, 0) is 81.2 Å². The molecule has 3 heteroatoms. The Morgan fingerprint density at radius 2 is 1.07 bits per heavy atom. The molecule has 8 aromatic rings. The number of anilines is 3. The summed E-state index contributed by atoms with van der Waals surface area (Å²) >= 11 is 0. The first-order valence-electron chi connectivity index (χ1n) is 14.9. The first kappa shape index (κ1) is 24.6. The van der Waals surface area contributed by atoms with Crippen LogP contribution in [-0.4, -0.2) is 4.98 Å². The van der Waals surface area contributed by atoms with Gasteiger partial charge in [0.25, 0.3) is 0 Å². The van der Waals surface area contributed by atoms with E-state index >= 15 is 0 Å². The van der Waals surface area contributed by atoms with Gasteiger partial charge in [0.05, 0.1) is 22.6 Å². The summed E-state index contributed by atoms with van der Waals surface area (Å²) in [6.07, 6.45) is 0. The molecule has 44 heavy (non-hydrogen) atoms. The number of aromatic nitrogens is 1. The van der Waals surface area contributed by atoms with Crippen LogP contribution in [0.25, 0.3) is 54.8 Å². The Morgan fingerprint density at radius 1 is 0.477 bits per heavy atom. The van der Waals surface area contributed by atoms with Crippen molar-refractivity contribution in [2.24, 2.45) is 0 Å². The summed E-state index contributed by atoms with van der Waals surface area (Å²) in [7, 11) is 0. The highest BCUT2D eigenvalue weighted by Crippen LogP contribution is 2.51. The third-order valence-electron chi connectivity index (χ3n) is 8.59. The van der Waals surface area contributed by atoms with E-state index in [1.807, 2.05) is 24.3 Å². The number of para-hydroxylation sites is 4. The summed E-state index contributed by atoms with van der Waals surface area (Å²) in [6, 6.07) is 55.5. The lowest BCUT2D eigenvalue weighted by Crippen LogP contribution is -2.15. The van der Waals surface area contributed by atoms with Crippen molar-refractivity contribution in [3.63, 3.8) is 0 Å². The number of ether oxygens (including phenoxy) is 1. The fourth-order valence-corrected chi connectivity index (χ4v) is 6.61. The highest BCUT2D eigenvalue weighted by Gasteiger charge is 2.26. The molecule has 0 saturated heterocycles. The Hall–Kier alpha value is -5.93. The lowest BCUT2D eigenvalue weighted by molar-refractivity contribution is 0.477. The van der Waals surface area contributed by atoms with Crippen LogP contribution in [0.15, 0.2) is 158 Å². The van der Waals surface area contributed by atoms with E-state index in [9.17, 15) is 0 Å². The van der Waals surface area contributed by atoms with Crippen LogP contribution in [0.3, 0.4) is 0 Å². The minimum atomic E-state index is 0.834. The topological polar surface area (TPSA) is 25.4 Å².